The van der Waals surface area contributed by atoms with Gasteiger partial charge in [0.1, 0.15) is 16.7 Å². The summed E-state index contributed by atoms with van der Waals surface area (Å²) in [5, 5.41) is 1.01. The molecule has 0 saturated carbocycles. The van der Waals surface area contributed by atoms with Crippen molar-refractivity contribution in [3.63, 3.8) is 0 Å². The van der Waals surface area contributed by atoms with Gasteiger partial charge < -0.3 is 8.82 Å². The molecule has 0 unspecified atom stereocenters. The first-order valence-corrected chi connectivity index (χ1v) is 11.9. The van der Waals surface area contributed by atoms with Gasteiger partial charge in [0, 0.05) is 28.4 Å². The van der Waals surface area contributed by atoms with Gasteiger partial charge in [-0.3, -0.25) is 4.40 Å². The number of hydrogen-bond donors (Lipinski definition) is 0. The summed E-state index contributed by atoms with van der Waals surface area (Å²) < 4.78 is 10.3. The number of para-hydroxylation sites is 3. The van der Waals surface area contributed by atoms with Crippen LogP contribution in [0.3, 0.4) is 0 Å². The Hall–Kier alpha value is -4.97. The lowest BCUT2D eigenvalue weighted by Gasteiger charge is -2.09. The maximum atomic E-state index is 6.13. The first-order valence-electron chi connectivity index (χ1n) is 11.9. The zero-order chi connectivity index (χ0) is 23.8. The van der Waals surface area contributed by atoms with Crippen molar-refractivity contribution >= 4 is 44.5 Å². The molecular weight excluding hydrogens is 446 g/mol. The molecule has 6 nitrogen and oxygen atoms in total. The lowest BCUT2D eigenvalue weighted by Crippen LogP contribution is -1.93. The molecule has 0 radical (unpaired) electrons. The number of nitrogens with zero attached hydrogens (tertiary/aromatic N) is 5. The normalized spacial score (nSPS) is 12.0. The van der Waals surface area contributed by atoms with E-state index in [1.165, 1.54) is 0 Å². The van der Waals surface area contributed by atoms with Crippen molar-refractivity contribution in [1.82, 2.24) is 23.8 Å². The van der Waals surface area contributed by atoms with Crippen LogP contribution in [0.5, 0.6) is 0 Å². The van der Waals surface area contributed by atoms with E-state index >= 15 is 0 Å². The highest BCUT2D eigenvalue weighted by Crippen LogP contribution is 2.37. The summed E-state index contributed by atoms with van der Waals surface area (Å²) in [5.41, 5.74) is 10.4. The highest BCUT2D eigenvalue weighted by molar-refractivity contribution is 6.10. The fourth-order valence-corrected chi connectivity index (χ4v) is 5.28. The Labute approximate surface area is 205 Å². The third-order valence-electron chi connectivity index (χ3n) is 6.95. The summed E-state index contributed by atoms with van der Waals surface area (Å²) >= 11 is 0. The van der Waals surface area contributed by atoms with Gasteiger partial charge in [0.25, 0.3) is 0 Å². The first-order chi connectivity index (χ1) is 17.8. The van der Waals surface area contributed by atoms with Gasteiger partial charge in [-0.1, -0.05) is 54.6 Å². The second-order valence-corrected chi connectivity index (χ2v) is 9.03. The van der Waals surface area contributed by atoms with Crippen LogP contribution < -0.4 is 0 Å². The van der Waals surface area contributed by atoms with Gasteiger partial charge in [-0.2, -0.15) is 4.98 Å². The number of benzene rings is 3. The molecule has 170 valence electrons. The number of hydrogen-bond acceptors (Lipinski definition) is 4. The molecule has 0 spiro atoms. The van der Waals surface area contributed by atoms with Crippen molar-refractivity contribution in [2.45, 2.75) is 6.92 Å². The standard InChI is InChI=1S/C30H19N5O/c1-18-26(32-25-15-6-7-16-34(18)25)19-9-8-10-20(17-19)27-29-28(21-11-2-3-12-22(21)31-27)33-30-35(29)23-13-4-5-14-24(23)36-30/h2-17H,1H3. The number of pyridine rings is 2. The van der Waals surface area contributed by atoms with Crippen LogP contribution in [0.2, 0.25) is 0 Å². The first kappa shape index (κ1) is 19.3. The van der Waals surface area contributed by atoms with Crippen LogP contribution in [-0.4, -0.2) is 23.8 Å². The Morgan fingerprint density at radius 2 is 1.53 bits per heavy atom. The average Bonchev–Trinajstić information content (AvgIpc) is 3.58. The second-order valence-electron chi connectivity index (χ2n) is 9.03. The zero-order valence-electron chi connectivity index (χ0n) is 19.4. The smallest absolute Gasteiger partial charge is 0.307 e. The zero-order valence-corrected chi connectivity index (χ0v) is 19.4. The van der Waals surface area contributed by atoms with E-state index in [-0.39, 0.29) is 0 Å². The van der Waals surface area contributed by atoms with Gasteiger partial charge in [0.2, 0.25) is 0 Å². The molecule has 0 N–H and O–H groups in total. The Balaban J connectivity index is 1.46. The second kappa shape index (κ2) is 7.02. The number of fused-ring (bicyclic) bond motifs is 8. The van der Waals surface area contributed by atoms with E-state index in [0.717, 1.165) is 66.9 Å². The van der Waals surface area contributed by atoms with Crippen LogP contribution in [0.1, 0.15) is 5.69 Å². The third-order valence-corrected chi connectivity index (χ3v) is 6.95. The quantitative estimate of drug-likeness (QED) is 0.274. The van der Waals surface area contributed by atoms with Crippen LogP contribution in [0.15, 0.2) is 102 Å². The van der Waals surface area contributed by atoms with Crippen molar-refractivity contribution < 1.29 is 4.42 Å². The van der Waals surface area contributed by atoms with Crippen LogP contribution in [0.25, 0.3) is 67.0 Å². The molecular formula is C30H19N5O. The van der Waals surface area contributed by atoms with E-state index in [2.05, 4.69) is 52.1 Å². The Morgan fingerprint density at radius 3 is 2.44 bits per heavy atom. The third kappa shape index (κ3) is 2.58. The average molecular weight is 466 g/mol. The molecule has 0 saturated heterocycles. The summed E-state index contributed by atoms with van der Waals surface area (Å²) in [6, 6.07) is 30.7. The van der Waals surface area contributed by atoms with E-state index in [9.17, 15) is 0 Å². The van der Waals surface area contributed by atoms with Gasteiger partial charge in [-0.25, -0.2) is 9.97 Å². The molecule has 0 amide bonds. The minimum Gasteiger partial charge on any atom is -0.423 e. The predicted octanol–water partition coefficient (Wildman–Crippen LogP) is 7.07. The Bertz CT molecular complexity index is 2120. The van der Waals surface area contributed by atoms with Crippen LogP contribution in [0.4, 0.5) is 0 Å². The van der Waals surface area contributed by atoms with Gasteiger partial charge >= 0.3 is 5.84 Å². The molecule has 0 fully saturated rings. The number of oxazole rings is 1. The molecule has 0 aliphatic carbocycles. The number of aromatic nitrogens is 5. The molecule has 8 rings (SSSR count). The molecule has 8 aromatic rings. The Morgan fingerprint density at radius 1 is 0.722 bits per heavy atom. The number of aryl methyl sites for hydroxylation is 1. The van der Waals surface area contributed by atoms with E-state index in [1.807, 2.05) is 60.8 Å². The molecule has 0 atom stereocenters. The van der Waals surface area contributed by atoms with Gasteiger partial charge in [0.15, 0.2) is 5.58 Å². The van der Waals surface area contributed by atoms with Crippen molar-refractivity contribution in [2.24, 2.45) is 0 Å². The van der Waals surface area contributed by atoms with E-state index in [4.69, 9.17) is 19.4 Å². The Kier molecular flexibility index (Phi) is 3.77. The van der Waals surface area contributed by atoms with Crippen LogP contribution >= 0.6 is 0 Å². The largest absolute Gasteiger partial charge is 0.423 e. The topological polar surface area (TPSA) is 60.6 Å². The summed E-state index contributed by atoms with van der Waals surface area (Å²) in [6.45, 7) is 2.10. The minimum atomic E-state index is 0.568. The summed E-state index contributed by atoms with van der Waals surface area (Å²) in [5.74, 6) is 0.568. The SMILES string of the molecule is Cc1c(-c2cccc(-c3nc4ccccc4c4nc5oc6ccccc6n5c34)c2)nc2ccccn12. The molecule has 6 heteroatoms. The summed E-state index contributed by atoms with van der Waals surface area (Å²) in [4.78, 5) is 15.0. The van der Waals surface area contributed by atoms with Crippen LogP contribution in [-0.2, 0) is 0 Å². The minimum absolute atomic E-state index is 0.568. The number of imidazole rings is 2. The lowest BCUT2D eigenvalue weighted by molar-refractivity contribution is 0.643. The molecule has 0 aliphatic heterocycles. The van der Waals surface area contributed by atoms with Gasteiger partial charge in [0.05, 0.1) is 22.4 Å². The van der Waals surface area contributed by atoms with Gasteiger partial charge in [-0.05, 0) is 43.3 Å². The molecule has 36 heavy (non-hydrogen) atoms. The predicted molar refractivity (Wildman–Crippen MR) is 142 cm³/mol. The molecule has 5 aromatic heterocycles. The fraction of sp³-hybridized carbons (Fsp3) is 0.0333. The molecule has 3 aromatic carbocycles. The number of rotatable bonds is 2. The molecule has 0 aliphatic rings. The monoisotopic (exact) mass is 465 g/mol. The maximum absolute atomic E-state index is 6.13. The van der Waals surface area contributed by atoms with Gasteiger partial charge in [-0.15, -0.1) is 0 Å². The summed E-state index contributed by atoms with van der Waals surface area (Å²) in [7, 11) is 0. The van der Waals surface area contributed by atoms with E-state index in [1.54, 1.807) is 0 Å². The van der Waals surface area contributed by atoms with E-state index in [0.29, 0.717) is 5.84 Å². The molecule has 0 bridgehead atoms. The van der Waals surface area contributed by atoms with Crippen molar-refractivity contribution in [3.8, 4) is 22.5 Å². The molecule has 5 heterocycles. The van der Waals surface area contributed by atoms with Crippen molar-refractivity contribution in [3.05, 3.63) is 103 Å². The van der Waals surface area contributed by atoms with Crippen molar-refractivity contribution in [1.29, 1.82) is 0 Å². The van der Waals surface area contributed by atoms with Crippen LogP contribution in [0, 0.1) is 6.92 Å². The van der Waals surface area contributed by atoms with E-state index < -0.39 is 0 Å². The highest BCUT2D eigenvalue weighted by Gasteiger charge is 2.21. The van der Waals surface area contributed by atoms with Crippen molar-refractivity contribution in [2.75, 3.05) is 0 Å². The maximum Gasteiger partial charge on any atom is 0.307 e. The summed E-state index contributed by atoms with van der Waals surface area (Å²) in [6.07, 6.45) is 2.05. The lowest BCUT2D eigenvalue weighted by atomic mass is 10.0. The highest BCUT2D eigenvalue weighted by atomic mass is 16.4. The fourth-order valence-electron chi connectivity index (χ4n) is 5.28.